The SMILES string of the molecule is CC(=O)NCCCCCC(=O)Nc1ccc([C@@H]2O[C@H](CSc3ccc(C(=O)O)cc3)C[C@H](c3ccc(CO)cc3)O2)cc1. The number of aliphatic hydroxyl groups is 1. The van der Waals surface area contributed by atoms with Gasteiger partial charge in [-0.3, -0.25) is 9.59 Å². The largest absolute Gasteiger partial charge is 0.478 e. The number of carboxylic acids is 1. The molecule has 1 aliphatic rings. The zero-order valence-corrected chi connectivity index (χ0v) is 25.0. The summed E-state index contributed by atoms with van der Waals surface area (Å²) in [6.45, 7) is 2.09. The van der Waals surface area contributed by atoms with Gasteiger partial charge >= 0.3 is 5.97 Å². The molecule has 228 valence electrons. The van der Waals surface area contributed by atoms with Crippen molar-refractivity contribution in [1.29, 1.82) is 0 Å². The van der Waals surface area contributed by atoms with E-state index in [1.165, 1.54) is 6.92 Å². The second kappa shape index (κ2) is 16.2. The molecule has 0 radical (unpaired) electrons. The molecule has 0 saturated carbocycles. The maximum atomic E-state index is 12.4. The molecule has 1 fully saturated rings. The summed E-state index contributed by atoms with van der Waals surface area (Å²) in [5.41, 5.74) is 3.58. The number of ether oxygens (including phenoxy) is 2. The number of thioether (sulfide) groups is 1. The van der Waals surface area contributed by atoms with Gasteiger partial charge in [-0.1, -0.05) is 42.8 Å². The molecule has 3 atom stereocenters. The van der Waals surface area contributed by atoms with Crippen LogP contribution in [0, 0.1) is 0 Å². The van der Waals surface area contributed by atoms with Crippen LogP contribution in [0.4, 0.5) is 5.69 Å². The molecular weight excluding hydrogens is 568 g/mol. The number of nitrogens with one attached hydrogen (secondary N) is 2. The number of carbonyl (C=O) groups excluding carboxylic acids is 2. The molecule has 0 aliphatic carbocycles. The van der Waals surface area contributed by atoms with Crippen molar-refractivity contribution in [3.8, 4) is 0 Å². The molecule has 43 heavy (non-hydrogen) atoms. The average molecular weight is 607 g/mol. The van der Waals surface area contributed by atoms with Crippen molar-refractivity contribution in [1.82, 2.24) is 5.32 Å². The van der Waals surface area contributed by atoms with Crippen molar-refractivity contribution in [2.24, 2.45) is 0 Å². The van der Waals surface area contributed by atoms with Gasteiger partial charge in [-0.15, -0.1) is 11.8 Å². The number of benzene rings is 3. The van der Waals surface area contributed by atoms with E-state index in [1.807, 2.05) is 48.5 Å². The number of rotatable bonds is 14. The van der Waals surface area contributed by atoms with Crippen LogP contribution >= 0.6 is 11.8 Å². The Morgan fingerprint density at radius 2 is 1.58 bits per heavy atom. The Balaban J connectivity index is 1.37. The van der Waals surface area contributed by atoms with Crippen molar-refractivity contribution < 1.29 is 34.1 Å². The van der Waals surface area contributed by atoms with Gasteiger partial charge in [-0.25, -0.2) is 4.79 Å². The first kappa shape index (κ1) is 32.2. The molecule has 1 aliphatic heterocycles. The number of hydrogen-bond acceptors (Lipinski definition) is 7. The highest BCUT2D eigenvalue weighted by Gasteiger charge is 2.32. The lowest BCUT2D eigenvalue weighted by atomic mass is 10.0. The van der Waals surface area contributed by atoms with E-state index in [0.717, 1.165) is 40.8 Å². The summed E-state index contributed by atoms with van der Waals surface area (Å²) >= 11 is 1.60. The average Bonchev–Trinajstić information content (AvgIpc) is 3.02. The summed E-state index contributed by atoms with van der Waals surface area (Å²) in [6.07, 6.45) is 2.50. The van der Waals surface area contributed by atoms with Crippen LogP contribution < -0.4 is 10.6 Å². The van der Waals surface area contributed by atoms with Crippen LogP contribution in [-0.4, -0.2) is 46.4 Å². The highest BCUT2D eigenvalue weighted by molar-refractivity contribution is 7.99. The number of hydrogen-bond donors (Lipinski definition) is 4. The molecule has 4 N–H and O–H groups in total. The molecular formula is C33H38N2O7S. The first-order valence-corrected chi connectivity index (χ1v) is 15.4. The number of carboxylic acid groups (broad SMARTS) is 1. The fraction of sp³-hybridized carbons (Fsp3) is 0.364. The Labute approximate surface area is 256 Å². The van der Waals surface area contributed by atoms with Gasteiger partial charge in [0.1, 0.15) is 0 Å². The van der Waals surface area contributed by atoms with Crippen molar-refractivity contribution in [2.75, 3.05) is 17.6 Å². The summed E-state index contributed by atoms with van der Waals surface area (Å²) in [7, 11) is 0. The molecule has 0 aromatic heterocycles. The van der Waals surface area contributed by atoms with Crippen LogP contribution in [0.1, 0.15) is 78.5 Å². The van der Waals surface area contributed by atoms with E-state index in [0.29, 0.717) is 30.8 Å². The molecule has 3 aromatic rings. The van der Waals surface area contributed by atoms with E-state index in [1.54, 1.807) is 36.0 Å². The molecule has 9 nitrogen and oxygen atoms in total. The van der Waals surface area contributed by atoms with E-state index in [4.69, 9.17) is 14.6 Å². The second-order valence-corrected chi connectivity index (χ2v) is 11.5. The van der Waals surface area contributed by atoms with Gasteiger partial charge in [0.15, 0.2) is 6.29 Å². The van der Waals surface area contributed by atoms with E-state index < -0.39 is 12.3 Å². The van der Waals surface area contributed by atoms with Crippen LogP contribution in [0.15, 0.2) is 77.7 Å². The van der Waals surface area contributed by atoms with Gasteiger partial charge in [0.05, 0.1) is 24.4 Å². The monoisotopic (exact) mass is 606 g/mol. The van der Waals surface area contributed by atoms with Crippen LogP contribution in [0.25, 0.3) is 0 Å². The third-order valence-electron chi connectivity index (χ3n) is 7.07. The van der Waals surface area contributed by atoms with Crippen LogP contribution in [0.5, 0.6) is 0 Å². The number of unbranched alkanes of at least 4 members (excludes halogenated alkanes) is 2. The minimum Gasteiger partial charge on any atom is -0.478 e. The molecule has 2 amide bonds. The third kappa shape index (κ3) is 10.2. The number of aliphatic hydroxyl groups excluding tert-OH is 1. The molecule has 3 aromatic carbocycles. The van der Waals surface area contributed by atoms with Gasteiger partial charge in [-0.2, -0.15) is 0 Å². The van der Waals surface area contributed by atoms with Crippen molar-refractivity contribution >= 4 is 35.2 Å². The minimum atomic E-state index is -0.956. The topological polar surface area (TPSA) is 134 Å². The Morgan fingerprint density at radius 3 is 2.23 bits per heavy atom. The Morgan fingerprint density at radius 1 is 0.884 bits per heavy atom. The number of carbonyl (C=O) groups is 3. The third-order valence-corrected chi connectivity index (χ3v) is 8.22. The highest BCUT2D eigenvalue weighted by atomic mass is 32.2. The second-order valence-electron chi connectivity index (χ2n) is 10.5. The summed E-state index contributed by atoms with van der Waals surface area (Å²) in [6, 6.07) is 21.9. The van der Waals surface area contributed by atoms with Crippen LogP contribution in [-0.2, 0) is 25.7 Å². The Hall–Kier alpha value is -3.70. The van der Waals surface area contributed by atoms with Crippen molar-refractivity contribution in [3.05, 3.63) is 95.1 Å². The molecule has 0 bridgehead atoms. The van der Waals surface area contributed by atoms with Crippen molar-refractivity contribution in [3.63, 3.8) is 0 Å². The number of amides is 2. The smallest absolute Gasteiger partial charge is 0.335 e. The fourth-order valence-corrected chi connectivity index (χ4v) is 5.63. The molecule has 0 unspecified atom stereocenters. The Bertz CT molecular complexity index is 1350. The van der Waals surface area contributed by atoms with E-state index in [-0.39, 0.29) is 36.2 Å². The van der Waals surface area contributed by atoms with Gasteiger partial charge in [0.25, 0.3) is 0 Å². The summed E-state index contributed by atoms with van der Waals surface area (Å²) in [4.78, 5) is 35.4. The van der Waals surface area contributed by atoms with Gasteiger partial charge < -0.3 is 30.3 Å². The molecule has 1 saturated heterocycles. The van der Waals surface area contributed by atoms with Crippen molar-refractivity contribution in [2.45, 2.75) is 69.0 Å². The van der Waals surface area contributed by atoms with E-state index >= 15 is 0 Å². The first-order chi connectivity index (χ1) is 20.8. The molecule has 0 spiro atoms. The lowest BCUT2D eigenvalue weighted by Gasteiger charge is -2.36. The van der Waals surface area contributed by atoms with Gasteiger partial charge in [0, 0.05) is 48.2 Å². The van der Waals surface area contributed by atoms with Crippen LogP contribution in [0.2, 0.25) is 0 Å². The maximum absolute atomic E-state index is 12.4. The lowest BCUT2D eigenvalue weighted by Crippen LogP contribution is -2.31. The summed E-state index contributed by atoms with van der Waals surface area (Å²) < 4.78 is 12.8. The lowest BCUT2D eigenvalue weighted by molar-refractivity contribution is -0.245. The number of anilines is 1. The standard InChI is InChI=1S/C33H38N2O7S/c1-22(37)34-18-4-2-3-5-31(38)35-27-14-10-26(11-15-27)33-41-28(21-43-29-16-12-25(13-17-29)32(39)40)19-30(42-33)24-8-6-23(20-36)7-9-24/h6-17,28,30,33,36H,2-5,18-21H2,1H3,(H,34,37)(H,35,38)(H,39,40)/t28-,30+,33+/m0/s1. The molecule has 10 heteroatoms. The zero-order chi connectivity index (χ0) is 30.6. The molecule has 1 heterocycles. The quantitative estimate of drug-likeness (QED) is 0.133. The Kier molecular flexibility index (Phi) is 12.2. The molecule has 4 rings (SSSR count). The zero-order valence-electron chi connectivity index (χ0n) is 24.2. The fourth-order valence-electron chi connectivity index (χ4n) is 4.70. The summed E-state index contributed by atoms with van der Waals surface area (Å²) in [5.74, 6) is -0.409. The van der Waals surface area contributed by atoms with Crippen LogP contribution in [0.3, 0.4) is 0 Å². The predicted molar refractivity (Wildman–Crippen MR) is 165 cm³/mol. The maximum Gasteiger partial charge on any atom is 0.335 e. The summed E-state index contributed by atoms with van der Waals surface area (Å²) in [5, 5.41) is 24.3. The van der Waals surface area contributed by atoms with Gasteiger partial charge in [-0.05, 0) is 60.4 Å². The first-order valence-electron chi connectivity index (χ1n) is 14.4. The van der Waals surface area contributed by atoms with E-state index in [9.17, 15) is 19.5 Å². The normalized spacial score (nSPS) is 18.1. The van der Waals surface area contributed by atoms with Gasteiger partial charge in [0.2, 0.25) is 11.8 Å². The predicted octanol–water partition coefficient (Wildman–Crippen LogP) is 5.85. The minimum absolute atomic E-state index is 0.0288. The van der Waals surface area contributed by atoms with E-state index in [2.05, 4.69) is 10.6 Å². The number of aromatic carboxylic acids is 1. The highest BCUT2D eigenvalue weighted by Crippen LogP contribution is 2.39.